The van der Waals surface area contributed by atoms with Gasteiger partial charge in [-0.05, 0) is 31.0 Å². The van der Waals surface area contributed by atoms with Crippen molar-refractivity contribution in [2.75, 3.05) is 11.4 Å². The molecule has 1 aromatic rings. The van der Waals surface area contributed by atoms with Crippen molar-refractivity contribution in [2.24, 2.45) is 0 Å². The van der Waals surface area contributed by atoms with Crippen LogP contribution in [0.1, 0.15) is 18.4 Å². The Bertz CT molecular complexity index is 415. The molecule has 0 aliphatic carbocycles. The number of nitrogens with one attached hydrogen (secondary N) is 1. The Balaban J connectivity index is 2.43. The predicted molar refractivity (Wildman–Crippen MR) is 65.5 cm³/mol. The predicted octanol–water partition coefficient (Wildman–Crippen LogP) is 3.88. The molecule has 2 nitrogen and oxygen atoms in total. The zero-order valence-electron chi connectivity index (χ0n) is 8.48. The number of anilines is 1. The number of hydrogen-bond acceptors (Lipinski definition) is 1. The minimum Gasteiger partial charge on any atom is -0.329 e. The summed E-state index contributed by atoms with van der Waals surface area (Å²) < 4.78 is 0. The second-order valence-corrected chi connectivity index (χ2v) is 4.57. The summed E-state index contributed by atoms with van der Waals surface area (Å²) in [5, 5.41) is 9.16. The molecule has 2 rings (SSSR count). The molecule has 0 unspecified atom stereocenters. The fourth-order valence-corrected chi connectivity index (χ4v) is 2.26. The first-order chi connectivity index (χ1) is 7.09. The van der Waals surface area contributed by atoms with Crippen LogP contribution in [0.25, 0.3) is 0 Å². The molecule has 0 saturated carbocycles. The summed E-state index contributed by atoms with van der Waals surface area (Å²) >= 11 is 12.2. The molecule has 1 saturated heterocycles. The Kier molecular flexibility index (Phi) is 2.89. The molecular formula is C11H12Cl2N2. The highest BCUT2D eigenvalue weighted by atomic mass is 35.5. The van der Waals surface area contributed by atoms with Crippen molar-refractivity contribution < 1.29 is 0 Å². The lowest BCUT2D eigenvalue weighted by Crippen LogP contribution is -2.23. The second kappa shape index (κ2) is 4.03. The average molecular weight is 243 g/mol. The number of nitrogens with zero attached hydrogens (tertiary/aromatic N) is 1. The van der Waals surface area contributed by atoms with Crippen molar-refractivity contribution in [3.05, 3.63) is 27.7 Å². The third kappa shape index (κ3) is 1.97. The third-order valence-electron chi connectivity index (χ3n) is 2.64. The zero-order valence-corrected chi connectivity index (χ0v) is 9.99. The molecule has 1 aliphatic heterocycles. The highest BCUT2D eigenvalue weighted by Gasteiger charge is 2.21. The fraction of sp³-hybridized carbons (Fsp3) is 0.364. The van der Waals surface area contributed by atoms with Crippen molar-refractivity contribution in [3.63, 3.8) is 0 Å². The summed E-state index contributed by atoms with van der Waals surface area (Å²) in [4.78, 5) is 1.92. The monoisotopic (exact) mass is 242 g/mol. The van der Waals surface area contributed by atoms with Crippen LogP contribution in [0.2, 0.25) is 10.0 Å². The van der Waals surface area contributed by atoms with Gasteiger partial charge in [-0.2, -0.15) is 0 Å². The van der Waals surface area contributed by atoms with Crippen LogP contribution >= 0.6 is 23.2 Å². The van der Waals surface area contributed by atoms with E-state index in [0.717, 1.165) is 30.6 Å². The summed E-state index contributed by atoms with van der Waals surface area (Å²) in [5.74, 6) is 0.622. The fourth-order valence-electron chi connectivity index (χ4n) is 1.78. The number of benzene rings is 1. The van der Waals surface area contributed by atoms with Crippen LogP contribution in [-0.4, -0.2) is 12.4 Å². The van der Waals surface area contributed by atoms with Crippen LogP contribution < -0.4 is 4.90 Å². The molecule has 0 atom stereocenters. The molecule has 1 aromatic carbocycles. The van der Waals surface area contributed by atoms with Gasteiger partial charge in [0.1, 0.15) is 5.84 Å². The van der Waals surface area contributed by atoms with E-state index in [1.54, 1.807) is 0 Å². The van der Waals surface area contributed by atoms with E-state index in [0.29, 0.717) is 15.9 Å². The van der Waals surface area contributed by atoms with Gasteiger partial charge >= 0.3 is 0 Å². The Morgan fingerprint density at radius 3 is 2.60 bits per heavy atom. The second-order valence-electron chi connectivity index (χ2n) is 3.75. The molecule has 15 heavy (non-hydrogen) atoms. The Labute approximate surface area is 99.3 Å². The van der Waals surface area contributed by atoms with Gasteiger partial charge in [-0.15, -0.1) is 0 Å². The van der Waals surface area contributed by atoms with Crippen LogP contribution in [0.15, 0.2) is 12.1 Å². The van der Waals surface area contributed by atoms with Crippen molar-refractivity contribution in [1.29, 1.82) is 5.41 Å². The van der Waals surface area contributed by atoms with E-state index in [1.165, 1.54) is 0 Å². The Morgan fingerprint density at radius 2 is 2.00 bits per heavy atom. The SMILES string of the molecule is Cc1cc(Cl)c(N2CCCC2=N)cc1Cl. The molecule has 0 bridgehead atoms. The summed E-state index contributed by atoms with van der Waals surface area (Å²) in [5.41, 5.74) is 1.82. The maximum atomic E-state index is 7.79. The van der Waals surface area contributed by atoms with E-state index < -0.39 is 0 Å². The average Bonchev–Trinajstić information content (AvgIpc) is 2.58. The lowest BCUT2D eigenvalue weighted by atomic mass is 10.2. The van der Waals surface area contributed by atoms with Crippen molar-refractivity contribution in [3.8, 4) is 0 Å². The van der Waals surface area contributed by atoms with Gasteiger partial charge in [0.15, 0.2) is 0 Å². The summed E-state index contributed by atoms with van der Waals surface area (Å²) in [6, 6.07) is 3.70. The Morgan fingerprint density at radius 1 is 1.27 bits per heavy atom. The highest BCUT2D eigenvalue weighted by Crippen LogP contribution is 2.33. The molecule has 0 aromatic heterocycles. The van der Waals surface area contributed by atoms with E-state index in [9.17, 15) is 0 Å². The molecule has 0 amide bonds. The van der Waals surface area contributed by atoms with Gasteiger partial charge in [-0.25, -0.2) is 0 Å². The maximum Gasteiger partial charge on any atom is 0.100 e. The van der Waals surface area contributed by atoms with E-state index in [-0.39, 0.29) is 0 Å². The van der Waals surface area contributed by atoms with E-state index >= 15 is 0 Å². The number of rotatable bonds is 1. The van der Waals surface area contributed by atoms with E-state index in [1.807, 2.05) is 24.0 Å². The Hall–Kier alpha value is -0.730. The van der Waals surface area contributed by atoms with Crippen LogP contribution in [0.3, 0.4) is 0 Å². The first-order valence-corrected chi connectivity index (χ1v) is 5.66. The van der Waals surface area contributed by atoms with E-state index in [4.69, 9.17) is 28.6 Å². The van der Waals surface area contributed by atoms with E-state index in [2.05, 4.69) is 0 Å². The molecular weight excluding hydrogens is 231 g/mol. The molecule has 1 fully saturated rings. The molecule has 0 spiro atoms. The van der Waals surface area contributed by atoms with Gasteiger partial charge in [0.2, 0.25) is 0 Å². The van der Waals surface area contributed by atoms with Crippen molar-refractivity contribution in [1.82, 2.24) is 0 Å². The minimum absolute atomic E-state index is 0.622. The number of aryl methyl sites for hydroxylation is 1. The third-order valence-corrected chi connectivity index (χ3v) is 3.35. The van der Waals surface area contributed by atoms with Gasteiger partial charge in [0, 0.05) is 18.0 Å². The standard InChI is InChI=1S/C11H12Cl2N2/c1-7-5-9(13)10(6-8(7)12)15-4-2-3-11(15)14/h5-6,14H,2-4H2,1H3. The smallest absolute Gasteiger partial charge is 0.100 e. The number of amidine groups is 1. The van der Waals surface area contributed by atoms with Crippen LogP contribution in [-0.2, 0) is 0 Å². The lowest BCUT2D eigenvalue weighted by Gasteiger charge is -2.20. The highest BCUT2D eigenvalue weighted by molar-refractivity contribution is 6.36. The molecule has 1 heterocycles. The van der Waals surface area contributed by atoms with Crippen molar-refractivity contribution >= 4 is 34.7 Å². The van der Waals surface area contributed by atoms with Crippen LogP contribution in [0.5, 0.6) is 0 Å². The van der Waals surface area contributed by atoms with Crippen LogP contribution in [0, 0.1) is 12.3 Å². The minimum atomic E-state index is 0.622. The quantitative estimate of drug-likeness (QED) is 0.796. The maximum absolute atomic E-state index is 7.79. The summed E-state index contributed by atoms with van der Waals surface area (Å²) in [7, 11) is 0. The van der Waals surface area contributed by atoms with Gasteiger partial charge in [-0.3, -0.25) is 5.41 Å². The number of halogens is 2. The first kappa shape index (κ1) is 10.8. The summed E-state index contributed by atoms with van der Waals surface area (Å²) in [6.45, 7) is 2.78. The molecule has 0 radical (unpaired) electrons. The largest absolute Gasteiger partial charge is 0.329 e. The summed E-state index contributed by atoms with van der Waals surface area (Å²) in [6.07, 6.45) is 1.84. The number of hydrogen-bond donors (Lipinski definition) is 1. The normalized spacial score (nSPS) is 16.2. The van der Waals surface area contributed by atoms with Gasteiger partial charge < -0.3 is 4.90 Å². The van der Waals surface area contributed by atoms with Crippen LogP contribution in [0.4, 0.5) is 5.69 Å². The molecule has 1 N–H and O–H groups in total. The van der Waals surface area contributed by atoms with Gasteiger partial charge in [-0.1, -0.05) is 23.2 Å². The van der Waals surface area contributed by atoms with Gasteiger partial charge in [0.25, 0.3) is 0 Å². The zero-order chi connectivity index (χ0) is 11.0. The molecule has 1 aliphatic rings. The van der Waals surface area contributed by atoms with Crippen molar-refractivity contribution in [2.45, 2.75) is 19.8 Å². The topological polar surface area (TPSA) is 27.1 Å². The molecule has 80 valence electrons. The van der Waals surface area contributed by atoms with Gasteiger partial charge in [0.05, 0.1) is 10.7 Å². The molecule has 4 heteroatoms. The first-order valence-electron chi connectivity index (χ1n) is 4.90. The lowest BCUT2D eigenvalue weighted by molar-refractivity contribution is 0.956.